The number of amides is 3. The summed E-state index contributed by atoms with van der Waals surface area (Å²) < 4.78 is 41.3. The predicted molar refractivity (Wildman–Crippen MR) is 89.0 cm³/mol. The van der Waals surface area contributed by atoms with Crippen LogP contribution in [-0.2, 0) is 17.3 Å². The molecule has 2 heterocycles. The van der Waals surface area contributed by atoms with Crippen molar-refractivity contribution >= 4 is 17.6 Å². The molecule has 0 radical (unpaired) electrons. The Hall–Kier alpha value is -3.69. The molecule has 1 aromatic heterocycles. The Morgan fingerprint density at radius 2 is 2.03 bits per heavy atom. The number of aromatic nitrogens is 1. The maximum Gasteiger partial charge on any atom is 0.326 e. The highest BCUT2D eigenvalue weighted by molar-refractivity contribution is 5.95. The van der Waals surface area contributed by atoms with E-state index >= 15 is 0 Å². The van der Waals surface area contributed by atoms with Gasteiger partial charge in [0.1, 0.15) is 18.4 Å². The summed E-state index contributed by atoms with van der Waals surface area (Å²) in [5.74, 6) is -8.15. The molecule has 0 saturated carbocycles. The molecule has 3 amide bonds. The van der Waals surface area contributed by atoms with Crippen molar-refractivity contribution in [1.29, 1.82) is 5.26 Å². The molecule has 9 nitrogen and oxygen atoms in total. The number of aliphatic hydroxyl groups is 2. The first-order valence-electron chi connectivity index (χ1n) is 7.98. The molecule has 4 N–H and O–H groups in total. The molecule has 1 aliphatic heterocycles. The Morgan fingerprint density at radius 3 is 2.69 bits per heavy atom. The zero-order valence-corrected chi connectivity index (χ0v) is 14.4. The van der Waals surface area contributed by atoms with E-state index in [-0.39, 0.29) is 21.8 Å². The van der Waals surface area contributed by atoms with Crippen LogP contribution in [0.4, 0.5) is 23.7 Å². The second-order valence-electron chi connectivity index (χ2n) is 5.98. The maximum atomic E-state index is 14.0. The molecule has 0 saturated heterocycles. The summed E-state index contributed by atoms with van der Waals surface area (Å²) in [4.78, 5) is 28.0. The van der Waals surface area contributed by atoms with Crippen LogP contribution in [-0.4, -0.2) is 38.6 Å². The van der Waals surface area contributed by atoms with Crippen molar-refractivity contribution in [3.05, 3.63) is 58.7 Å². The second kappa shape index (κ2) is 7.38. The Kier molecular flexibility index (Phi) is 5.10. The van der Waals surface area contributed by atoms with Crippen LogP contribution in [0.15, 0.2) is 24.4 Å². The quantitative estimate of drug-likeness (QED) is 0.549. The molecule has 3 rings (SSSR count). The van der Waals surface area contributed by atoms with Gasteiger partial charge >= 0.3 is 6.03 Å². The van der Waals surface area contributed by atoms with Gasteiger partial charge in [-0.15, -0.1) is 0 Å². The fraction of sp³-hybridized carbons (Fsp3) is 0.176. The Bertz CT molecular complexity index is 1050. The van der Waals surface area contributed by atoms with E-state index in [2.05, 4.69) is 15.6 Å². The summed E-state index contributed by atoms with van der Waals surface area (Å²) >= 11 is 0. The first-order chi connectivity index (χ1) is 13.6. The van der Waals surface area contributed by atoms with Crippen LogP contribution in [0.2, 0.25) is 0 Å². The van der Waals surface area contributed by atoms with Gasteiger partial charge in [0.05, 0.1) is 29.1 Å². The van der Waals surface area contributed by atoms with E-state index in [1.165, 1.54) is 0 Å². The minimum atomic E-state index is -3.32. The lowest BCUT2D eigenvalue weighted by Crippen LogP contribution is -2.58. The van der Waals surface area contributed by atoms with Gasteiger partial charge in [-0.05, 0) is 18.2 Å². The van der Waals surface area contributed by atoms with Gasteiger partial charge in [0.2, 0.25) is 5.91 Å². The number of urea groups is 1. The number of pyridine rings is 1. The Labute approximate surface area is 161 Å². The molecular formula is C17H12F3N5O4. The lowest BCUT2D eigenvalue weighted by molar-refractivity contribution is -0.256. The molecule has 0 bridgehead atoms. The summed E-state index contributed by atoms with van der Waals surface area (Å²) in [5, 5.41) is 33.4. The van der Waals surface area contributed by atoms with Crippen LogP contribution in [0.25, 0.3) is 0 Å². The van der Waals surface area contributed by atoms with Crippen LogP contribution in [0.1, 0.15) is 16.8 Å². The molecule has 0 spiro atoms. The van der Waals surface area contributed by atoms with Crippen LogP contribution >= 0.6 is 0 Å². The monoisotopic (exact) mass is 407 g/mol. The third kappa shape index (κ3) is 3.68. The minimum Gasteiger partial charge on any atom is -0.349 e. The number of hydrogen-bond acceptors (Lipinski definition) is 6. The number of benzene rings is 1. The number of carbonyl (C=O) groups is 2. The van der Waals surface area contributed by atoms with E-state index in [9.17, 15) is 33.0 Å². The highest BCUT2D eigenvalue weighted by Crippen LogP contribution is 2.36. The Balaban J connectivity index is 1.75. The van der Waals surface area contributed by atoms with Gasteiger partial charge < -0.3 is 20.8 Å². The minimum absolute atomic E-state index is 0.0270. The van der Waals surface area contributed by atoms with E-state index in [0.29, 0.717) is 6.07 Å². The summed E-state index contributed by atoms with van der Waals surface area (Å²) in [6.45, 7) is -1.42. The summed E-state index contributed by atoms with van der Waals surface area (Å²) in [6, 6.07) is 3.06. The predicted octanol–water partition coefficient (Wildman–Crippen LogP) is 0.629. The molecule has 0 fully saturated rings. The summed E-state index contributed by atoms with van der Waals surface area (Å²) in [6.07, 6.45) is 1.09. The summed E-state index contributed by atoms with van der Waals surface area (Å²) in [7, 11) is 0. The third-order valence-corrected chi connectivity index (χ3v) is 4.09. The lowest BCUT2D eigenvalue weighted by Gasteiger charge is -2.39. The molecule has 0 atom stereocenters. The molecular weight excluding hydrogens is 395 g/mol. The van der Waals surface area contributed by atoms with Crippen LogP contribution < -0.4 is 10.6 Å². The smallest absolute Gasteiger partial charge is 0.326 e. The lowest BCUT2D eigenvalue weighted by atomic mass is 10.0. The van der Waals surface area contributed by atoms with Gasteiger partial charge in [0.25, 0.3) is 5.91 Å². The largest absolute Gasteiger partial charge is 0.349 e. The standard InChI is InChI=1S/C17H12F3N5O4/c18-9-1-2-11-14(15(9)20)17(28,29)25(16(27)24-11)7-13(26)23-6-12-10(19)3-8(4-21)5-22-12/h1-3,5,28-29H,6-7H2,(H,23,26)(H,24,27). The third-order valence-electron chi connectivity index (χ3n) is 4.09. The zero-order valence-electron chi connectivity index (χ0n) is 14.4. The van der Waals surface area contributed by atoms with Crippen molar-refractivity contribution in [3.8, 4) is 6.07 Å². The number of rotatable bonds is 4. The maximum absolute atomic E-state index is 14.0. The zero-order chi connectivity index (χ0) is 21.3. The van der Waals surface area contributed by atoms with Crippen molar-refractivity contribution in [2.75, 3.05) is 11.9 Å². The Morgan fingerprint density at radius 1 is 1.31 bits per heavy atom. The topological polar surface area (TPSA) is 139 Å². The van der Waals surface area contributed by atoms with E-state index in [4.69, 9.17) is 5.26 Å². The van der Waals surface area contributed by atoms with Gasteiger partial charge in [0, 0.05) is 6.20 Å². The van der Waals surface area contributed by atoms with Crippen LogP contribution in [0, 0.1) is 28.8 Å². The second-order valence-corrected chi connectivity index (χ2v) is 5.98. The highest BCUT2D eigenvalue weighted by atomic mass is 19.2. The molecule has 1 aromatic carbocycles. The van der Waals surface area contributed by atoms with Crippen molar-refractivity contribution in [2.24, 2.45) is 0 Å². The van der Waals surface area contributed by atoms with E-state index in [0.717, 1.165) is 18.3 Å². The van der Waals surface area contributed by atoms with Crippen LogP contribution in [0.3, 0.4) is 0 Å². The SMILES string of the molecule is N#Cc1cnc(CNC(=O)CN2C(=O)Nc3ccc(F)c(F)c3C2(O)O)c(F)c1. The average Bonchev–Trinajstić information content (AvgIpc) is 2.66. The molecule has 0 unspecified atom stereocenters. The van der Waals surface area contributed by atoms with Gasteiger partial charge in [-0.3, -0.25) is 14.7 Å². The van der Waals surface area contributed by atoms with Crippen molar-refractivity contribution in [2.45, 2.75) is 12.5 Å². The highest BCUT2D eigenvalue weighted by Gasteiger charge is 2.47. The molecule has 150 valence electrons. The molecule has 29 heavy (non-hydrogen) atoms. The number of anilines is 1. The van der Waals surface area contributed by atoms with E-state index in [1.54, 1.807) is 6.07 Å². The van der Waals surface area contributed by atoms with Crippen molar-refractivity contribution < 1.29 is 33.0 Å². The van der Waals surface area contributed by atoms with E-state index < -0.39 is 54.0 Å². The normalized spacial score (nSPS) is 14.6. The molecule has 12 heteroatoms. The number of nitrogens with one attached hydrogen (secondary N) is 2. The number of nitriles is 1. The fourth-order valence-corrected chi connectivity index (χ4v) is 2.66. The van der Waals surface area contributed by atoms with E-state index in [1.807, 2.05) is 0 Å². The number of halogens is 3. The van der Waals surface area contributed by atoms with Gasteiger partial charge in [-0.25, -0.2) is 18.0 Å². The molecule has 0 aliphatic carbocycles. The number of nitrogens with zero attached hydrogens (tertiary/aromatic N) is 3. The number of fused-ring (bicyclic) bond motifs is 1. The summed E-state index contributed by atoms with van der Waals surface area (Å²) in [5.41, 5.74) is -1.58. The van der Waals surface area contributed by atoms with Gasteiger partial charge in [0.15, 0.2) is 11.6 Å². The average molecular weight is 407 g/mol. The molecule has 1 aliphatic rings. The fourth-order valence-electron chi connectivity index (χ4n) is 2.66. The number of carbonyl (C=O) groups excluding carboxylic acids is 2. The van der Waals surface area contributed by atoms with Crippen molar-refractivity contribution in [3.63, 3.8) is 0 Å². The van der Waals surface area contributed by atoms with Crippen molar-refractivity contribution in [1.82, 2.24) is 15.2 Å². The number of hydrogen-bond donors (Lipinski definition) is 4. The van der Waals surface area contributed by atoms with Gasteiger partial charge in [-0.1, -0.05) is 0 Å². The first kappa shape index (κ1) is 20.1. The molecule has 2 aromatic rings. The van der Waals surface area contributed by atoms with Crippen LogP contribution in [0.5, 0.6) is 0 Å². The van der Waals surface area contributed by atoms with Gasteiger partial charge in [-0.2, -0.15) is 5.26 Å². The first-order valence-corrected chi connectivity index (χ1v) is 7.98.